The minimum atomic E-state index is 0.497. The monoisotopic (exact) mass is 252 g/mol. The molecule has 1 fully saturated rings. The van der Waals surface area contributed by atoms with Crippen LogP contribution in [0.25, 0.3) is 0 Å². The zero-order chi connectivity index (χ0) is 12.1. The maximum absolute atomic E-state index is 5.89. The Labute approximate surface area is 109 Å². The van der Waals surface area contributed by atoms with Crippen molar-refractivity contribution in [3.63, 3.8) is 0 Å². The number of likely N-dealkylation sites (N-methyl/N-ethyl adjacent to an activating group) is 1. The highest BCUT2D eigenvalue weighted by Gasteiger charge is 2.34. The van der Waals surface area contributed by atoms with E-state index in [0.29, 0.717) is 5.41 Å². The summed E-state index contributed by atoms with van der Waals surface area (Å²) >= 11 is 1.86. The molecule has 0 unspecified atom stereocenters. The van der Waals surface area contributed by atoms with E-state index in [4.69, 9.17) is 5.73 Å². The first-order chi connectivity index (χ1) is 8.24. The van der Waals surface area contributed by atoms with Gasteiger partial charge < -0.3 is 10.6 Å². The summed E-state index contributed by atoms with van der Waals surface area (Å²) in [6.45, 7) is 3.25. The molecule has 1 aliphatic rings. The van der Waals surface area contributed by atoms with Crippen LogP contribution in [-0.4, -0.2) is 31.6 Å². The van der Waals surface area contributed by atoms with Crippen molar-refractivity contribution in [2.75, 3.05) is 26.7 Å². The normalized spacial score (nSPS) is 18.3. The first-order valence-electron chi connectivity index (χ1n) is 6.65. The van der Waals surface area contributed by atoms with Crippen molar-refractivity contribution in [2.45, 2.75) is 32.1 Å². The Hall–Kier alpha value is -0.380. The van der Waals surface area contributed by atoms with Crippen molar-refractivity contribution in [1.29, 1.82) is 0 Å². The van der Waals surface area contributed by atoms with Gasteiger partial charge in [-0.25, -0.2) is 0 Å². The molecule has 1 aromatic rings. The van der Waals surface area contributed by atoms with Gasteiger partial charge in [0.1, 0.15) is 0 Å². The van der Waals surface area contributed by atoms with Gasteiger partial charge >= 0.3 is 0 Å². The van der Waals surface area contributed by atoms with Crippen molar-refractivity contribution in [2.24, 2.45) is 11.1 Å². The Morgan fingerprint density at radius 3 is 2.76 bits per heavy atom. The minimum absolute atomic E-state index is 0.497. The highest BCUT2D eigenvalue weighted by atomic mass is 32.1. The third-order valence-corrected chi connectivity index (χ3v) is 5.13. The van der Waals surface area contributed by atoms with Crippen molar-refractivity contribution >= 4 is 11.3 Å². The molecule has 0 aromatic carbocycles. The Morgan fingerprint density at radius 2 is 2.24 bits per heavy atom. The van der Waals surface area contributed by atoms with Gasteiger partial charge in [0.15, 0.2) is 0 Å². The van der Waals surface area contributed by atoms with Gasteiger partial charge in [0.25, 0.3) is 0 Å². The van der Waals surface area contributed by atoms with Crippen molar-refractivity contribution in [3.05, 3.63) is 22.4 Å². The molecule has 1 aliphatic carbocycles. The molecule has 0 saturated heterocycles. The maximum atomic E-state index is 5.89. The maximum Gasteiger partial charge on any atom is 0.00579 e. The van der Waals surface area contributed by atoms with Crippen LogP contribution in [0.1, 0.15) is 30.6 Å². The molecule has 0 spiro atoms. The SMILES string of the molecule is CN(CCc1cccs1)CCC1(CN)CCC1. The van der Waals surface area contributed by atoms with E-state index in [9.17, 15) is 0 Å². The molecule has 96 valence electrons. The van der Waals surface area contributed by atoms with Crippen LogP contribution in [0.2, 0.25) is 0 Å². The second-order valence-corrected chi connectivity index (χ2v) is 6.47. The second-order valence-electron chi connectivity index (χ2n) is 5.44. The van der Waals surface area contributed by atoms with Gasteiger partial charge in [-0.3, -0.25) is 0 Å². The third kappa shape index (κ3) is 3.54. The van der Waals surface area contributed by atoms with E-state index >= 15 is 0 Å². The molecule has 0 amide bonds. The Bertz CT molecular complexity index is 311. The van der Waals surface area contributed by atoms with E-state index < -0.39 is 0 Å². The standard InChI is InChI=1S/C14H24N2S/c1-16(9-5-13-4-2-11-17-13)10-8-14(12-15)6-3-7-14/h2,4,11H,3,5-10,12,15H2,1H3. The van der Waals surface area contributed by atoms with Gasteiger partial charge in [-0.05, 0) is 62.7 Å². The lowest BCUT2D eigenvalue weighted by atomic mass is 9.66. The van der Waals surface area contributed by atoms with Crippen molar-refractivity contribution in [3.8, 4) is 0 Å². The molecule has 0 atom stereocenters. The van der Waals surface area contributed by atoms with Crippen molar-refractivity contribution in [1.82, 2.24) is 4.90 Å². The molecule has 2 N–H and O–H groups in total. The van der Waals surface area contributed by atoms with Gasteiger partial charge in [0.05, 0.1) is 0 Å². The van der Waals surface area contributed by atoms with Gasteiger partial charge in [-0.1, -0.05) is 12.5 Å². The summed E-state index contributed by atoms with van der Waals surface area (Å²) in [7, 11) is 2.23. The van der Waals surface area contributed by atoms with E-state index in [2.05, 4.69) is 29.5 Å². The van der Waals surface area contributed by atoms with E-state index in [-0.39, 0.29) is 0 Å². The van der Waals surface area contributed by atoms with Gasteiger partial charge in [0, 0.05) is 11.4 Å². The second kappa shape index (κ2) is 5.98. The summed E-state index contributed by atoms with van der Waals surface area (Å²) in [5.41, 5.74) is 6.39. The lowest BCUT2D eigenvalue weighted by molar-refractivity contribution is 0.112. The van der Waals surface area contributed by atoms with Crippen LogP contribution in [0.3, 0.4) is 0 Å². The molecular weight excluding hydrogens is 228 g/mol. The molecule has 1 aromatic heterocycles. The zero-order valence-electron chi connectivity index (χ0n) is 10.8. The average molecular weight is 252 g/mol. The fourth-order valence-corrected chi connectivity index (χ4v) is 3.23. The van der Waals surface area contributed by atoms with Crippen LogP contribution in [0.5, 0.6) is 0 Å². The average Bonchev–Trinajstić information content (AvgIpc) is 2.78. The Balaban J connectivity index is 1.65. The lowest BCUT2D eigenvalue weighted by Crippen LogP contribution is -2.40. The first-order valence-corrected chi connectivity index (χ1v) is 7.53. The molecule has 17 heavy (non-hydrogen) atoms. The predicted molar refractivity (Wildman–Crippen MR) is 75.5 cm³/mol. The summed E-state index contributed by atoms with van der Waals surface area (Å²) in [4.78, 5) is 3.95. The zero-order valence-corrected chi connectivity index (χ0v) is 11.6. The van der Waals surface area contributed by atoms with Crippen LogP contribution < -0.4 is 5.73 Å². The van der Waals surface area contributed by atoms with Gasteiger partial charge in [-0.15, -0.1) is 11.3 Å². The molecule has 2 nitrogen and oxygen atoms in total. The van der Waals surface area contributed by atoms with Crippen LogP contribution in [0, 0.1) is 5.41 Å². The highest BCUT2D eigenvalue weighted by Crippen LogP contribution is 2.42. The summed E-state index contributed by atoms with van der Waals surface area (Å²) in [6.07, 6.45) is 6.55. The summed E-state index contributed by atoms with van der Waals surface area (Å²) < 4.78 is 0. The molecule has 0 aliphatic heterocycles. The van der Waals surface area contributed by atoms with E-state index in [1.165, 1.54) is 50.1 Å². The Morgan fingerprint density at radius 1 is 1.41 bits per heavy atom. The number of rotatable bonds is 7. The largest absolute Gasteiger partial charge is 0.330 e. The van der Waals surface area contributed by atoms with Gasteiger partial charge in [0.2, 0.25) is 0 Å². The number of nitrogens with zero attached hydrogens (tertiary/aromatic N) is 1. The summed E-state index contributed by atoms with van der Waals surface area (Å²) in [5, 5.41) is 2.16. The predicted octanol–water partition coefficient (Wildman–Crippen LogP) is 2.74. The van der Waals surface area contributed by atoms with Crippen molar-refractivity contribution < 1.29 is 0 Å². The van der Waals surface area contributed by atoms with Crippen LogP contribution >= 0.6 is 11.3 Å². The smallest absolute Gasteiger partial charge is 0.00579 e. The highest BCUT2D eigenvalue weighted by molar-refractivity contribution is 7.09. The number of thiophene rings is 1. The van der Waals surface area contributed by atoms with Gasteiger partial charge in [-0.2, -0.15) is 0 Å². The molecule has 0 bridgehead atoms. The quantitative estimate of drug-likeness (QED) is 0.808. The fourth-order valence-electron chi connectivity index (χ4n) is 2.53. The number of hydrogen-bond acceptors (Lipinski definition) is 3. The first kappa shape index (κ1) is 13.1. The summed E-state index contributed by atoms with van der Waals surface area (Å²) in [6, 6.07) is 4.36. The molecule has 0 radical (unpaired) electrons. The number of hydrogen-bond donors (Lipinski definition) is 1. The molecule has 3 heteroatoms. The third-order valence-electron chi connectivity index (χ3n) is 4.19. The van der Waals surface area contributed by atoms with E-state index in [1.807, 2.05) is 11.3 Å². The Kier molecular flexibility index (Phi) is 4.60. The molecule has 1 saturated carbocycles. The minimum Gasteiger partial charge on any atom is -0.330 e. The molecule has 2 rings (SSSR count). The topological polar surface area (TPSA) is 29.3 Å². The van der Waals surface area contributed by atoms with Crippen LogP contribution in [0.4, 0.5) is 0 Å². The molecule has 1 heterocycles. The lowest BCUT2D eigenvalue weighted by Gasteiger charge is -2.42. The van der Waals surface area contributed by atoms with E-state index in [1.54, 1.807) is 0 Å². The molecular formula is C14H24N2S. The van der Waals surface area contributed by atoms with Crippen LogP contribution in [-0.2, 0) is 6.42 Å². The number of nitrogens with two attached hydrogens (primary N) is 1. The van der Waals surface area contributed by atoms with E-state index in [0.717, 1.165) is 6.54 Å². The fraction of sp³-hybridized carbons (Fsp3) is 0.714. The van der Waals surface area contributed by atoms with Crippen LogP contribution in [0.15, 0.2) is 17.5 Å². The summed E-state index contributed by atoms with van der Waals surface area (Å²) in [5.74, 6) is 0.